The van der Waals surface area contributed by atoms with E-state index in [1.54, 1.807) is 7.11 Å². The topological polar surface area (TPSA) is 67.8 Å². The number of methoxy groups -OCH3 is 1. The molecule has 0 rings (SSSR count). The fourth-order valence-corrected chi connectivity index (χ4v) is 0.547. The molecule has 0 aliphatic rings. The van der Waals surface area contributed by atoms with Gasteiger partial charge in [-0.05, 0) is 6.42 Å². The van der Waals surface area contributed by atoms with Gasteiger partial charge in [0.15, 0.2) is 0 Å². The third-order valence-electron chi connectivity index (χ3n) is 1.14. The summed E-state index contributed by atoms with van der Waals surface area (Å²) < 4.78 is 4.69. The number of aliphatic hydroxyl groups excluding tert-OH is 1. The first-order valence-electron chi connectivity index (χ1n) is 3.81. The van der Waals surface area contributed by atoms with Gasteiger partial charge < -0.3 is 9.84 Å². The number of hydrogen-bond acceptors (Lipinski definition) is 4. The van der Waals surface area contributed by atoms with E-state index < -0.39 is 0 Å². The van der Waals surface area contributed by atoms with E-state index in [1.165, 1.54) is 0 Å². The lowest BCUT2D eigenvalue weighted by molar-refractivity contribution is -0.134. The van der Waals surface area contributed by atoms with Crippen molar-refractivity contribution in [1.29, 1.82) is 0 Å². The molecule has 5 heteroatoms. The van der Waals surface area contributed by atoms with Gasteiger partial charge >= 0.3 is 0 Å². The first-order chi connectivity index (χ1) is 5.81. The van der Waals surface area contributed by atoms with Gasteiger partial charge in [0.1, 0.15) is 0 Å². The van der Waals surface area contributed by atoms with Crippen molar-refractivity contribution in [2.75, 3.05) is 26.9 Å². The summed E-state index contributed by atoms with van der Waals surface area (Å²) in [5.41, 5.74) is 2.22. The summed E-state index contributed by atoms with van der Waals surface area (Å²) in [5, 5.41) is 8.38. The largest absolute Gasteiger partial charge is 0.396 e. The number of carbonyl (C=O) groups is 1. The van der Waals surface area contributed by atoms with Gasteiger partial charge in [0.2, 0.25) is 5.91 Å². The Labute approximate surface area is 71.6 Å². The summed E-state index contributed by atoms with van der Waals surface area (Å²) in [7, 11) is 1.55. The van der Waals surface area contributed by atoms with Crippen LogP contribution in [0.3, 0.4) is 0 Å². The van der Waals surface area contributed by atoms with E-state index in [4.69, 9.17) is 9.94 Å². The van der Waals surface area contributed by atoms with Crippen LogP contribution in [0.5, 0.6) is 0 Å². The van der Waals surface area contributed by atoms with Gasteiger partial charge in [-0.25, -0.2) is 5.48 Å². The van der Waals surface area contributed by atoms with Crippen LogP contribution in [-0.4, -0.2) is 37.9 Å². The molecule has 72 valence electrons. The molecule has 0 saturated carbocycles. The molecule has 0 aromatic heterocycles. The molecule has 0 aliphatic heterocycles. The van der Waals surface area contributed by atoms with Crippen molar-refractivity contribution in [3.63, 3.8) is 0 Å². The van der Waals surface area contributed by atoms with Crippen molar-refractivity contribution >= 4 is 5.91 Å². The van der Waals surface area contributed by atoms with Gasteiger partial charge in [-0.15, -0.1) is 0 Å². The van der Waals surface area contributed by atoms with E-state index >= 15 is 0 Å². The molecule has 0 bridgehead atoms. The van der Waals surface area contributed by atoms with Gasteiger partial charge in [0, 0.05) is 20.1 Å². The highest BCUT2D eigenvalue weighted by Crippen LogP contribution is 1.86. The van der Waals surface area contributed by atoms with Gasteiger partial charge in [0.25, 0.3) is 0 Å². The summed E-state index contributed by atoms with van der Waals surface area (Å²) in [5.74, 6) is -0.222. The number of rotatable bonds is 7. The van der Waals surface area contributed by atoms with E-state index in [-0.39, 0.29) is 18.9 Å². The molecule has 5 nitrogen and oxygen atoms in total. The standard InChI is InChI=1S/C7H15NO4/c1-11-5-6-12-8-7(10)3-2-4-9/h9H,2-6H2,1H3,(H,8,10). The molecule has 0 aromatic rings. The number of amides is 1. The molecule has 0 aliphatic carbocycles. The monoisotopic (exact) mass is 177 g/mol. The smallest absolute Gasteiger partial charge is 0.243 e. The summed E-state index contributed by atoms with van der Waals surface area (Å²) in [6, 6.07) is 0. The number of nitrogens with one attached hydrogen (secondary N) is 1. The first kappa shape index (κ1) is 11.4. The van der Waals surface area contributed by atoms with Crippen molar-refractivity contribution in [2.24, 2.45) is 0 Å². The Balaban J connectivity index is 3.08. The van der Waals surface area contributed by atoms with Crippen molar-refractivity contribution in [3.8, 4) is 0 Å². The van der Waals surface area contributed by atoms with Gasteiger partial charge in [-0.2, -0.15) is 0 Å². The zero-order valence-corrected chi connectivity index (χ0v) is 7.21. The lowest BCUT2D eigenvalue weighted by atomic mass is 10.3. The lowest BCUT2D eigenvalue weighted by Crippen LogP contribution is -2.25. The van der Waals surface area contributed by atoms with Crippen LogP contribution in [0.15, 0.2) is 0 Å². The number of aliphatic hydroxyl groups is 1. The minimum Gasteiger partial charge on any atom is -0.396 e. The zero-order chi connectivity index (χ0) is 9.23. The maximum absolute atomic E-state index is 10.8. The maximum Gasteiger partial charge on any atom is 0.243 e. The van der Waals surface area contributed by atoms with Crippen LogP contribution in [0.4, 0.5) is 0 Å². The number of carbonyl (C=O) groups excluding carboxylic acids is 1. The Morgan fingerprint density at radius 1 is 1.50 bits per heavy atom. The van der Waals surface area contributed by atoms with Gasteiger partial charge in [-0.3, -0.25) is 9.63 Å². The second-order valence-electron chi connectivity index (χ2n) is 2.19. The van der Waals surface area contributed by atoms with Crippen LogP contribution in [0, 0.1) is 0 Å². The summed E-state index contributed by atoms with van der Waals surface area (Å²) in [6.45, 7) is 0.799. The Hall–Kier alpha value is -0.650. The van der Waals surface area contributed by atoms with Crippen LogP contribution >= 0.6 is 0 Å². The van der Waals surface area contributed by atoms with E-state index in [1.807, 2.05) is 0 Å². The molecule has 0 saturated heterocycles. The molecule has 0 radical (unpaired) electrons. The highest BCUT2D eigenvalue weighted by Gasteiger charge is 1.98. The zero-order valence-electron chi connectivity index (χ0n) is 7.21. The third kappa shape index (κ3) is 7.46. The van der Waals surface area contributed by atoms with E-state index in [2.05, 4.69) is 10.2 Å². The summed E-state index contributed by atoms with van der Waals surface area (Å²) >= 11 is 0. The molecule has 0 spiro atoms. The molecule has 12 heavy (non-hydrogen) atoms. The fourth-order valence-electron chi connectivity index (χ4n) is 0.547. The minimum absolute atomic E-state index is 0.0193. The van der Waals surface area contributed by atoms with Crippen molar-refractivity contribution in [1.82, 2.24) is 5.48 Å². The number of ether oxygens (including phenoxy) is 1. The van der Waals surface area contributed by atoms with Crippen LogP contribution < -0.4 is 5.48 Å². The average molecular weight is 177 g/mol. The Kier molecular flexibility index (Phi) is 7.99. The first-order valence-corrected chi connectivity index (χ1v) is 3.81. The van der Waals surface area contributed by atoms with Crippen LogP contribution in [0.1, 0.15) is 12.8 Å². The second-order valence-corrected chi connectivity index (χ2v) is 2.19. The molecule has 0 unspecified atom stereocenters. The van der Waals surface area contributed by atoms with Gasteiger partial charge in [-0.1, -0.05) is 0 Å². The Morgan fingerprint density at radius 3 is 2.83 bits per heavy atom. The highest BCUT2D eigenvalue weighted by molar-refractivity contribution is 5.74. The Bertz CT molecular complexity index is 118. The predicted octanol–water partition coefficient (Wildman–Crippen LogP) is -0.547. The minimum atomic E-state index is -0.222. The lowest BCUT2D eigenvalue weighted by Gasteiger charge is -2.03. The maximum atomic E-state index is 10.8. The van der Waals surface area contributed by atoms with Crippen LogP contribution in [0.25, 0.3) is 0 Å². The van der Waals surface area contributed by atoms with E-state index in [9.17, 15) is 4.79 Å². The summed E-state index contributed by atoms with van der Waals surface area (Å²) in [4.78, 5) is 15.5. The van der Waals surface area contributed by atoms with E-state index in [0.29, 0.717) is 19.6 Å². The molecule has 0 fully saturated rings. The molecule has 0 heterocycles. The SMILES string of the molecule is COCCONC(=O)CCCO. The quantitative estimate of drug-likeness (QED) is 0.404. The molecule has 2 N–H and O–H groups in total. The van der Waals surface area contributed by atoms with Crippen LogP contribution in [0.2, 0.25) is 0 Å². The number of hydrogen-bond donors (Lipinski definition) is 2. The molecule has 0 aromatic carbocycles. The molecular formula is C7H15NO4. The van der Waals surface area contributed by atoms with Crippen molar-refractivity contribution in [2.45, 2.75) is 12.8 Å². The average Bonchev–Trinajstić information content (AvgIpc) is 2.09. The predicted molar refractivity (Wildman–Crippen MR) is 42.3 cm³/mol. The second kappa shape index (κ2) is 8.45. The third-order valence-corrected chi connectivity index (χ3v) is 1.14. The van der Waals surface area contributed by atoms with Crippen molar-refractivity contribution < 1.29 is 19.5 Å². The normalized spacial score (nSPS) is 9.83. The molecule has 1 amide bonds. The van der Waals surface area contributed by atoms with Gasteiger partial charge in [0.05, 0.1) is 13.2 Å². The molecular weight excluding hydrogens is 162 g/mol. The highest BCUT2D eigenvalue weighted by atomic mass is 16.7. The molecule has 0 atom stereocenters. The summed E-state index contributed by atoms with van der Waals surface area (Å²) in [6.07, 6.45) is 0.739. The van der Waals surface area contributed by atoms with Crippen molar-refractivity contribution in [3.05, 3.63) is 0 Å². The number of hydroxylamine groups is 1. The van der Waals surface area contributed by atoms with Crippen LogP contribution in [-0.2, 0) is 14.4 Å². The van der Waals surface area contributed by atoms with E-state index in [0.717, 1.165) is 0 Å². The Morgan fingerprint density at radius 2 is 2.25 bits per heavy atom. The fraction of sp³-hybridized carbons (Fsp3) is 0.857.